The Balaban J connectivity index is 1.80. The van der Waals surface area contributed by atoms with Gasteiger partial charge in [-0.25, -0.2) is 0 Å². The smallest absolute Gasteiger partial charge is 0.0580 e. The van der Waals surface area contributed by atoms with E-state index in [9.17, 15) is 5.11 Å². The Labute approximate surface area is 150 Å². The third kappa shape index (κ3) is 12.6. The van der Waals surface area contributed by atoms with Crippen molar-refractivity contribution in [2.75, 3.05) is 0 Å². The maximum atomic E-state index is 10.1. The van der Waals surface area contributed by atoms with Crippen molar-refractivity contribution in [2.45, 2.75) is 109 Å². The zero-order chi connectivity index (χ0) is 17.3. The second kappa shape index (κ2) is 15.7. The summed E-state index contributed by atoms with van der Waals surface area (Å²) in [4.78, 5) is 0. The van der Waals surface area contributed by atoms with Gasteiger partial charge in [-0.05, 0) is 18.4 Å². The number of rotatable bonds is 16. The lowest BCUT2D eigenvalue weighted by Gasteiger charge is -2.10. The van der Waals surface area contributed by atoms with Gasteiger partial charge in [-0.15, -0.1) is 0 Å². The Hall–Kier alpha value is -0.820. The van der Waals surface area contributed by atoms with E-state index >= 15 is 0 Å². The quantitative estimate of drug-likeness (QED) is 0.321. The van der Waals surface area contributed by atoms with Crippen molar-refractivity contribution >= 4 is 0 Å². The van der Waals surface area contributed by atoms with Gasteiger partial charge in [0.1, 0.15) is 0 Å². The highest BCUT2D eigenvalue weighted by Crippen LogP contribution is 2.14. The first-order valence-electron chi connectivity index (χ1n) is 10.5. The number of hydrogen-bond acceptors (Lipinski definition) is 1. The lowest BCUT2D eigenvalue weighted by atomic mass is 10.0. The van der Waals surface area contributed by atoms with Crippen LogP contribution in [0, 0.1) is 0 Å². The Kier molecular flexibility index (Phi) is 13.9. The van der Waals surface area contributed by atoms with E-state index in [0.717, 1.165) is 12.8 Å². The first-order chi connectivity index (χ1) is 11.8. The summed E-state index contributed by atoms with van der Waals surface area (Å²) in [6.07, 6.45) is 19.6. The third-order valence-electron chi connectivity index (χ3n) is 4.96. The first kappa shape index (κ1) is 21.2. The van der Waals surface area contributed by atoms with Gasteiger partial charge in [-0.1, -0.05) is 121 Å². The van der Waals surface area contributed by atoms with Crippen molar-refractivity contribution in [2.24, 2.45) is 0 Å². The van der Waals surface area contributed by atoms with E-state index < -0.39 is 0 Å². The summed E-state index contributed by atoms with van der Waals surface area (Å²) >= 11 is 0. The molecule has 0 amide bonds. The van der Waals surface area contributed by atoms with E-state index in [1.807, 2.05) is 18.2 Å². The minimum Gasteiger partial charge on any atom is -0.393 e. The molecule has 1 unspecified atom stereocenters. The van der Waals surface area contributed by atoms with E-state index in [2.05, 4.69) is 19.1 Å². The molecule has 0 radical (unpaired) electrons. The summed E-state index contributed by atoms with van der Waals surface area (Å²) in [6.45, 7) is 2.28. The fourth-order valence-corrected chi connectivity index (χ4v) is 3.39. The van der Waals surface area contributed by atoms with Gasteiger partial charge < -0.3 is 5.11 Å². The highest BCUT2D eigenvalue weighted by molar-refractivity contribution is 5.15. The van der Waals surface area contributed by atoms with Gasteiger partial charge >= 0.3 is 0 Å². The van der Waals surface area contributed by atoms with Crippen LogP contribution in [0.3, 0.4) is 0 Å². The zero-order valence-electron chi connectivity index (χ0n) is 16.0. The Bertz CT molecular complexity index is 360. The van der Waals surface area contributed by atoms with E-state index in [0.29, 0.717) is 0 Å². The van der Waals surface area contributed by atoms with Crippen LogP contribution in [0.15, 0.2) is 30.3 Å². The van der Waals surface area contributed by atoms with Crippen molar-refractivity contribution in [3.05, 3.63) is 35.9 Å². The zero-order valence-corrected chi connectivity index (χ0v) is 16.0. The number of aliphatic hydroxyl groups is 1. The van der Waals surface area contributed by atoms with Crippen molar-refractivity contribution in [3.8, 4) is 0 Å². The molecular weight excluding hydrogens is 292 g/mol. The largest absolute Gasteiger partial charge is 0.393 e. The van der Waals surface area contributed by atoms with E-state index in [4.69, 9.17) is 0 Å². The lowest BCUT2D eigenvalue weighted by Crippen LogP contribution is -2.10. The first-order valence-corrected chi connectivity index (χ1v) is 10.5. The molecule has 0 aliphatic heterocycles. The van der Waals surface area contributed by atoms with E-state index in [1.165, 1.54) is 89.0 Å². The molecule has 1 N–H and O–H groups in total. The molecule has 138 valence electrons. The van der Waals surface area contributed by atoms with Crippen LogP contribution < -0.4 is 0 Å². The average Bonchev–Trinajstić information content (AvgIpc) is 2.60. The van der Waals surface area contributed by atoms with Crippen LogP contribution in [0.1, 0.15) is 102 Å². The topological polar surface area (TPSA) is 20.2 Å². The molecule has 1 atom stereocenters. The molecule has 1 aromatic rings. The van der Waals surface area contributed by atoms with Crippen molar-refractivity contribution in [1.82, 2.24) is 0 Å². The molecule has 0 bridgehead atoms. The Morgan fingerprint density at radius 3 is 1.62 bits per heavy atom. The second-order valence-corrected chi connectivity index (χ2v) is 7.37. The highest BCUT2D eigenvalue weighted by Gasteiger charge is 2.04. The molecule has 1 heteroatoms. The van der Waals surface area contributed by atoms with Crippen molar-refractivity contribution in [3.63, 3.8) is 0 Å². The average molecular weight is 333 g/mol. The summed E-state index contributed by atoms with van der Waals surface area (Å²) in [7, 11) is 0. The molecule has 0 heterocycles. The standard InChI is InChI=1S/C23H40O/c1-2-3-4-5-6-7-8-9-10-11-12-13-17-20-23(24)21-22-18-15-14-16-19-22/h14-16,18-19,23-24H,2-13,17,20-21H2,1H3. The van der Waals surface area contributed by atoms with E-state index in [1.54, 1.807) is 0 Å². The molecular formula is C23H40O. The summed E-state index contributed by atoms with van der Waals surface area (Å²) in [5, 5.41) is 10.1. The summed E-state index contributed by atoms with van der Waals surface area (Å²) < 4.78 is 0. The molecule has 1 aromatic carbocycles. The molecule has 0 saturated carbocycles. The number of aliphatic hydroxyl groups excluding tert-OH is 1. The number of benzene rings is 1. The Morgan fingerprint density at radius 2 is 1.12 bits per heavy atom. The molecule has 0 aliphatic carbocycles. The van der Waals surface area contributed by atoms with Gasteiger partial charge in [0.2, 0.25) is 0 Å². The van der Waals surface area contributed by atoms with Gasteiger partial charge in [0.25, 0.3) is 0 Å². The predicted octanol–water partition coefficient (Wildman–Crippen LogP) is 7.07. The normalized spacial score (nSPS) is 12.4. The van der Waals surface area contributed by atoms with Crippen LogP contribution in [0.25, 0.3) is 0 Å². The van der Waals surface area contributed by atoms with Crippen molar-refractivity contribution in [1.29, 1.82) is 0 Å². The maximum absolute atomic E-state index is 10.1. The van der Waals surface area contributed by atoms with Crippen molar-refractivity contribution < 1.29 is 5.11 Å². The third-order valence-corrected chi connectivity index (χ3v) is 4.96. The maximum Gasteiger partial charge on any atom is 0.0580 e. The number of unbranched alkanes of at least 4 members (excludes halogenated alkanes) is 12. The van der Waals surface area contributed by atoms with Crippen LogP contribution in [0.2, 0.25) is 0 Å². The van der Waals surface area contributed by atoms with Crippen LogP contribution in [-0.2, 0) is 6.42 Å². The molecule has 24 heavy (non-hydrogen) atoms. The fourth-order valence-electron chi connectivity index (χ4n) is 3.39. The minimum atomic E-state index is -0.167. The van der Waals surface area contributed by atoms with Gasteiger partial charge in [0.15, 0.2) is 0 Å². The van der Waals surface area contributed by atoms with E-state index in [-0.39, 0.29) is 6.10 Å². The van der Waals surface area contributed by atoms with Crippen LogP contribution >= 0.6 is 0 Å². The van der Waals surface area contributed by atoms with Gasteiger partial charge in [0.05, 0.1) is 6.10 Å². The summed E-state index contributed by atoms with van der Waals surface area (Å²) in [6, 6.07) is 10.3. The van der Waals surface area contributed by atoms with Crippen LogP contribution in [0.4, 0.5) is 0 Å². The molecule has 0 saturated heterocycles. The molecule has 1 rings (SSSR count). The number of hydrogen-bond donors (Lipinski definition) is 1. The SMILES string of the molecule is CCCCCCCCCCCCCCCC(O)Cc1ccccc1. The molecule has 0 aromatic heterocycles. The van der Waals surface area contributed by atoms with Gasteiger partial charge in [-0.2, -0.15) is 0 Å². The monoisotopic (exact) mass is 332 g/mol. The summed E-state index contributed by atoms with van der Waals surface area (Å²) in [5.74, 6) is 0. The van der Waals surface area contributed by atoms with Crippen LogP contribution in [0.5, 0.6) is 0 Å². The molecule has 1 nitrogen and oxygen atoms in total. The lowest BCUT2D eigenvalue weighted by molar-refractivity contribution is 0.161. The highest BCUT2D eigenvalue weighted by atomic mass is 16.3. The molecule has 0 aliphatic rings. The minimum absolute atomic E-state index is 0.167. The summed E-state index contributed by atoms with van der Waals surface area (Å²) in [5.41, 5.74) is 1.25. The second-order valence-electron chi connectivity index (χ2n) is 7.37. The molecule has 0 spiro atoms. The van der Waals surface area contributed by atoms with Crippen LogP contribution in [-0.4, -0.2) is 11.2 Å². The molecule has 0 fully saturated rings. The Morgan fingerprint density at radius 1 is 0.667 bits per heavy atom. The van der Waals surface area contributed by atoms with Gasteiger partial charge in [-0.3, -0.25) is 0 Å². The predicted molar refractivity (Wildman–Crippen MR) is 106 cm³/mol. The fraction of sp³-hybridized carbons (Fsp3) is 0.739. The van der Waals surface area contributed by atoms with Gasteiger partial charge in [0, 0.05) is 0 Å².